The van der Waals surface area contributed by atoms with Crippen LogP contribution in [-0.4, -0.2) is 59.5 Å². The van der Waals surface area contributed by atoms with Crippen LogP contribution in [-0.2, 0) is 28.3 Å². The van der Waals surface area contributed by atoms with Crippen molar-refractivity contribution in [3.63, 3.8) is 0 Å². The van der Waals surface area contributed by atoms with Gasteiger partial charge in [-0.05, 0) is 48.0 Å². The van der Waals surface area contributed by atoms with Crippen LogP contribution in [0.1, 0.15) is 48.0 Å². The van der Waals surface area contributed by atoms with Crippen LogP contribution in [0, 0.1) is 0 Å². The molecule has 3 saturated heterocycles. The summed E-state index contributed by atoms with van der Waals surface area (Å²) in [6.45, 7) is 12.0. The van der Waals surface area contributed by atoms with Crippen molar-refractivity contribution in [3.05, 3.63) is 0 Å². The Hall–Kier alpha value is 0.305. The summed E-state index contributed by atoms with van der Waals surface area (Å²) in [5.74, 6) is -0.657. The van der Waals surface area contributed by atoms with Crippen molar-refractivity contribution in [3.8, 4) is 0 Å². The first-order chi connectivity index (χ1) is 10.9. The van der Waals surface area contributed by atoms with E-state index < -0.39 is 40.2 Å². The number of hydrogen-bond donors (Lipinski definition) is 0. The number of hydrogen-bond acceptors (Lipinski definition) is 6. The summed E-state index contributed by atoms with van der Waals surface area (Å²) in [6, 6.07) is 0. The number of methoxy groups -OCH3 is 1. The van der Waals surface area contributed by atoms with Gasteiger partial charge < -0.3 is 28.3 Å². The van der Waals surface area contributed by atoms with Crippen molar-refractivity contribution in [2.75, 3.05) is 7.11 Å². The normalized spacial score (nSPS) is 50.5. The highest BCUT2D eigenvalue weighted by molar-refractivity contribution is 9.10. The molecule has 4 aliphatic rings. The molecule has 0 aromatic carbocycles. The van der Waals surface area contributed by atoms with Gasteiger partial charge in [-0.1, -0.05) is 15.9 Å². The molecule has 136 valence electrons. The molecule has 1 aliphatic carbocycles. The second-order valence-corrected chi connectivity index (χ2v) is 10.2. The van der Waals surface area contributed by atoms with Gasteiger partial charge in [0.1, 0.15) is 17.8 Å². The first-order valence-corrected chi connectivity index (χ1v) is 9.28. The van der Waals surface area contributed by atoms with Gasteiger partial charge in [0.15, 0.2) is 12.1 Å². The summed E-state index contributed by atoms with van der Waals surface area (Å²) in [5.41, 5.74) is -1.37. The maximum atomic E-state index is 6.26. The molecule has 2 unspecified atom stereocenters. The van der Waals surface area contributed by atoms with Crippen LogP contribution in [0.15, 0.2) is 0 Å². The second-order valence-electron chi connectivity index (χ2n) is 8.76. The highest BCUT2D eigenvalue weighted by Crippen LogP contribution is 2.69. The predicted octanol–water partition coefficient (Wildman–Crippen LogP) is 2.42. The summed E-state index contributed by atoms with van der Waals surface area (Å²) >= 11 is 3.87. The Morgan fingerprint density at radius 2 is 1.54 bits per heavy atom. The van der Waals surface area contributed by atoms with E-state index in [4.69, 9.17) is 28.3 Å². The summed E-state index contributed by atoms with van der Waals surface area (Å²) in [5, 5.41) is 0. The molecule has 4 rings (SSSR count). The first-order valence-electron chi connectivity index (χ1n) is 8.48. The van der Waals surface area contributed by atoms with E-state index in [-0.39, 0.29) is 12.2 Å². The molecule has 0 bridgehead atoms. The third kappa shape index (κ3) is 2.11. The van der Waals surface area contributed by atoms with Gasteiger partial charge in [-0.2, -0.15) is 0 Å². The van der Waals surface area contributed by atoms with Crippen molar-refractivity contribution >= 4 is 23.0 Å². The van der Waals surface area contributed by atoms with Crippen LogP contribution in [0.2, 0.25) is 0 Å². The fourth-order valence-corrected chi connectivity index (χ4v) is 4.92. The van der Waals surface area contributed by atoms with Crippen molar-refractivity contribution in [1.29, 1.82) is 0 Å². The fraction of sp³-hybridized carbons (Fsp3) is 1.00. The Balaban J connectivity index is 1.62. The fourth-order valence-electron chi connectivity index (χ4n) is 4.00. The van der Waals surface area contributed by atoms with E-state index in [9.17, 15) is 0 Å². The van der Waals surface area contributed by atoms with E-state index >= 15 is 0 Å². The lowest BCUT2D eigenvalue weighted by molar-refractivity contribution is -0.232. The number of alkyl halides is 1. The zero-order valence-electron chi connectivity index (χ0n) is 15.3. The van der Waals surface area contributed by atoms with E-state index in [0.717, 1.165) is 6.42 Å². The molecule has 4 fully saturated rings. The van der Waals surface area contributed by atoms with E-state index in [1.807, 2.05) is 41.5 Å². The van der Waals surface area contributed by atoms with Crippen LogP contribution in [0.3, 0.4) is 0 Å². The summed E-state index contributed by atoms with van der Waals surface area (Å²) < 4.78 is 36.0. The van der Waals surface area contributed by atoms with Crippen LogP contribution in [0.5, 0.6) is 0 Å². The van der Waals surface area contributed by atoms with E-state index in [1.54, 1.807) is 7.11 Å². The Morgan fingerprint density at radius 3 is 2.08 bits per heavy atom. The Morgan fingerprint density at radius 1 is 0.958 bits per heavy atom. The summed E-state index contributed by atoms with van der Waals surface area (Å²) in [7, 11) is 1.20. The van der Waals surface area contributed by atoms with Gasteiger partial charge in [0.25, 0.3) is 0 Å². The summed E-state index contributed by atoms with van der Waals surface area (Å²) in [6.07, 6.45) is -0.224. The molecule has 0 aromatic rings. The maximum absolute atomic E-state index is 6.26. The van der Waals surface area contributed by atoms with Gasteiger partial charge in [0.05, 0.1) is 15.4 Å². The third-order valence-electron chi connectivity index (χ3n) is 6.14. The molecule has 8 heteroatoms. The van der Waals surface area contributed by atoms with Crippen LogP contribution in [0.25, 0.3) is 0 Å². The predicted molar refractivity (Wildman–Crippen MR) is 90.8 cm³/mol. The van der Waals surface area contributed by atoms with Crippen molar-refractivity contribution in [1.82, 2.24) is 0 Å². The highest BCUT2D eigenvalue weighted by Gasteiger charge is 2.86. The molecule has 0 aromatic heterocycles. The van der Waals surface area contributed by atoms with Crippen molar-refractivity contribution in [2.45, 2.75) is 93.3 Å². The monoisotopic (exact) mass is 404 g/mol. The average Bonchev–Trinajstić information content (AvgIpc) is 2.63. The first kappa shape index (κ1) is 17.7. The quantitative estimate of drug-likeness (QED) is 0.520. The lowest BCUT2D eigenvalue weighted by atomic mass is 9.78. The molecule has 1 saturated carbocycles. The molecule has 3 heterocycles. The van der Waals surface area contributed by atoms with Crippen LogP contribution >= 0.6 is 15.9 Å². The SMILES string of the molecule is CO[C@@H]1O[C@]2(CC2(Br)B2OC(C)(C)C(C)(C)O2)C2OC(C)(C)O[C@@H]21. The Bertz CT molecular complexity index is 553. The topological polar surface area (TPSA) is 55.4 Å². The van der Waals surface area contributed by atoms with Gasteiger partial charge >= 0.3 is 7.12 Å². The lowest BCUT2D eigenvalue weighted by Crippen LogP contribution is -2.45. The standard InChI is InChI=1S/C16H26BBrO6/c1-12(2)13(3,4)24-17(23-12)16(18)8-15(16)10-9(11(19-7)22-15)20-14(5,6)21-10/h9-11H,8H2,1-7H3/t9-,10?,11+,15+,16?/m0/s1. The van der Waals surface area contributed by atoms with Gasteiger partial charge in [-0.25, -0.2) is 0 Å². The largest absolute Gasteiger partial charge is 0.479 e. The minimum Gasteiger partial charge on any atom is -0.402 e. The lowest BCUT2D eigenvalue weighted by Gasteiger charge is -2.32. The zero-order chi connectivity index (χ0) is 17.8. The number of rotatable bonds is 2. The maximum Gasteiger partial charge on any atom is 0.479 e. The smallest absolute Gasteiger partial charge is 0.402 e. The molecule has 5 atom stereocenters. The van der Waals surface area contributed by atoms with E-state index in [1.165, 1.54) is 0 Å². The minimum atomic E-state index is -0.657. The Labute approximate surface area is 152 Å². The summed E-state index contributed by atoms with van der Waals surface area (Å²) in [4.78, 5) is 0. The molecule has 0 radical (unpaired) electrons. The average molecular weight is 405 g/mol. The van der Waals surface area contributed by atoms with E-state index in [0.29, 0.717) is 0 Å². The van der Waals surface area contributed by atoms with Gasteiger partial charge in [-0.3, -0.25) is 0 Å². The third-order valence-corrected chi connectivity index (χ3v) is 7.47. The molecular weight excluding hydrogens is 379 g/mol. The molecule has 0 amide bonds. The number of ether oxygens (including phenoxy) is 4. The van der Waals surface area contributed by atoms with Gasteiger partial charge in [0, 0.05) is 7.11 Å². The van der Waals surface area contributed by atoms with Crippen molar-refractivity contribution < 1.29 is 28.3 Å². The molecule has 1 spiro atoms. The van der Waals surface area contributed by atoms with Crippen LogP contribution < -0.4 is 0 Å². The zero-order valence-corrected chi connectivity index (χ0v) is 16.9. The highest BCUT2D eigenvalue weighted by atomic mass is 79.9. The van der Waals surface area contributed by atoms with Crippen molar-refractivity contribution in [2.24, 2.45) is 0 Å². The molecular formula is C16H26BBrO6. The van der Waals surface area contributed by atoms with Crippen LogP contribution in [0.4, 0.5) is 0 Å². The Kier molecular flexibility index (Phi) is 3.52. The number of fused-ring (bicyclic) bond motifs is 2. The molecule has 3 aliphatic heterocycles. The molecule has 24 heavy (non-hydrogen) atoms. The molecule has 0 N–H and O–H groups in total. The number of halogens is 1. The van der Waals surface area contributed by atoms with Gasteiger partial charge in [0.2, 0.25) is 0 Å². The molecule has 6 nitrogen and oxygen atoms in total. The van der Waals surface area contributed by atoms with Gasteiger partial charge in [-0.15, -0.1) is 0 Å². The second kappa shape index (κ2) is 4.77. The van der Waals surface area contributed by atoms with E-state index in [2.05, 4.69) is 15.9 Å². The minimum absolute atomic E-state index is 0.226.